The fourth-order valence-corrected chi connectivity index (χ4v) is 2.11. The van der Waals surface area contributed by atoms with Gasteiger partial charge in [0.15, 0.2) is 0 Å². The summed E-state index contributed by atoms with van der Waals surface area (Å²) in [6.45, 7) is 4.85. The van der Waals surface area contributed by atoms with Gasteiger partial charge in [-0.05, 0) is 39.8 Å². The number of hydrogen-bond donors (Lipinski definition) is 2. The van der Waals surface area contributed by atoms with Gasteiger partial charge in [0.2, 0.25) is 0 Å². The van der Waals surface area contributed by atoms with Gasteiger partial charge in [-0.25, -0.2) is 0 Å². The van der Waals surface area contributed by atoms with Gasteiger partial charge in [0, 0.05) is 0 Å². The highest BCUT2D eigenvalue weighted by Crippen LogP contribution is 2.40. The molecule has 1 aliphatic heterocycles. The molecule has 4 heteroatoms. The Balaban J connectivity index is 2.94. The molecule has 1 rings (SSSR count). The monoisotopic (exact) mass is 201 g/mol. The van der Waals surface area contributed by atoms with Gasteiger partial charge in [-0.15, -0.1) is 0 Å². The van der Waals surface area contributed by atoms with Gasteiger partial charge in [0.05, 0.1) is 18.1 Å². The molecule has 0 radical (unpaired) electrons. The normalized spacial score (nSPS) is 21.7. The van der Waals surface area contributed by atoms with E-state index in [0.717, 1.165) is 13.1 Å². The molecule has 0 aromatic heterocycles. The Morgan fingerprint density at radius 1 is 1.43 bits per heavy atom. The zero-order valence-corrected chi connectivity index (χ0v) is 9.09. The van der Waals surface area contributed by atoms with E-state index in [-0.39, 0.29) is 5.97 Å². The topological polar surface area (TPSA) is 58.6 Å². The Bertz CT molecular complexity index is 214. The Labute approximate surface area is 84.6 Å². The van der Waals surface area contributed by atoms with Crippen molar-refractivity contribution in [3.8, 4) is 0 Å². The van der Waals surface area contributed by atoms with Crippen LogP contribution in [0.2, 0.25) is 0 Å². The van der Waals surface area contributed by atoms with E-state index in [0.29, 0.717) is 12.8 Å². The molecule has 4 nitrogen and oxygen atoms in total. The van der Waals surface area contributed by atoms with Crippen LogP contribution in [0.5, 0.6) is 0 Å². The first-order valence-corrected chi connectivity index (χ1v) is 4.95. The van der Waals surface area contributed by atoms with Gasteiger partial charge in [-0.1, -0.05) is 0 Å². The lowest BCUT2D eigenvalue weighted by Gasteiger charge is -2.43. The molecule has 0 spiro atoms. The second-order valence-corrected chi connectivity index (χ2v) is 4.38. The van der Waals surface area contributed by atoms with Gasteiger partial charge < -0.3 is 15.2 Å². The van der Waals surface area contributed by atoms with Crippen LogP contribution >= 0.6 is 0 Å². The third-order valence-electron chi connectivity index (χ3n) is 3.20. The molecule has 1 fully saturated rings. The van der Waals surface area contributed by atoms with Crippen molar-refractivity contribution in [3.05, 3.63) is 0 Å². The average Bonchev–Trinajstić information content (AvgIpc) is 2.16. The van der Waals surface area contributed by atoms with E-state index in [9.17, 15) is 9.90 Å². The number of hydrogen-bond acceptors (Lipinski definition) is 4. The highest BCUT2D eigenvalue weighted by Gasteiger charge is 2.51. The zero-order valence-electron chi connectivity index (χ0n) is 9.09. The largest absolute Gasteiger partial charge is 0.469 e. The number of aliphatic hydroxyl groups is 1. The summed E-state index contributed by atoms with van der Waals surface area (Å²) in [7, 11) is 1.37. The molecule has 0 amide bonds. The molecular formula is C10H19NO3. The summed E-state index contributed by atoms with van der Waals surface area (Å²) in [5.41, 5.74) is -1.77. The van der Waals surface area contributed by atoms with Crippen molar-refractivity contribution in [1.82, 2.24) is 5.32 Å². The summed E-state index contributed by atoms with van der Waals surface area (Å²) in [5.74, 6) is -0.300. The number of carbonyl (C=O) groups excluding carboxylic acids is 1. The Kier molecular flexibility index (Phi) is 3.17. The first-order valence-electron chi connectivity index (χ1n) is 4.95. The van der Waals surface area contributed by atoms with E-state index in [1.807, 2.05) is 0 Å². The summed E-state index contributed by atoms with van der Waals surface area (Å²) in [6.07, 6.45) is 1.26. The Morgan fingerprint density at radius 3 is 2.29 bits per heavy atom. The molecule has 2 N–H and O–H groups in total. The molecule has 1 heterocycles. The van der Waals surface area contributed by atoms with E-state index in [1.54, 1.807) is 13.8 Å². The van der Waals surface area contributed by atoms with Gasteiger partial charge in [0.25, 0.3) is 0 Å². The van der Waals surface area contributed by atoms with E-state index >= 15 is 0 Å². The van der Waals surface area contributed by atoms with Crippen molar-refractivity contribution < 1.29 is 14.6 Å². The van der Waals surface area contributed by atoms with Crippen molar-refractivity contribution in [2.45, 2.75) is 32.3 Å². The smallest absolute Gasteiger partial charge is 0.314 e. The number of nitrogens with one attached hydrogen (secondary N) is 1. The van der Waals surface area contributed by atoms with E-state index in [4.69, 9.17) is 4.74 Å². The predicted octanol–water partition coefficient (Wildman–Crippen LogP) is 0.300. The second kappa shape index (κ2) is 3.87. The van der Waals surface area contributed by atoms with Crippen LogP contribution in [0.1, 0.15) is 26.7 Å². The summed E-state index contributed by atoms with van der Waals surface area (Å²) < 4.78 is 4.79. The lowest BCUT2D eigenvalue weighted by Crippen LogP contribution is -2.55. The lowest BCUT2D eigenvalue weighted by atomic mass is 9.67. The van der Waals surface area contributed by atoms with Crippen LogP contribution in [-0.2, 0) is 9.53 Å². The number of ether oxygens (including phenoxy) is 1. The third-order valence-corrected chi connectivity index (χ3v) is 3.20. The molecule has 0 aromatic rings. The van der Waals surface area contributed by atoms with Crippen molar-refractivity contribution >= 4 is 5.97 Å². The second-order valence-electron chi connectivity index (χ2n) is 4.38. The van der Waals surface area contributed by atoms with Crippen LogP contribution in [0.4, 0.5) is 0 Å². The van der Waals surface area contributed by atoms with Crippen LogP contribution in [-0.4, -0.2) is 36.9 Å². The van der Waals surface area contributed by atoms with Gasteiger partial charge in [-0.3, -0.25) is 4.79 Å². The first-order chi connectivity index (χ1) is 6.44. The molecule has 0 saturated carbocycles. The summed E-state index contributed by atoms with van der Waals surface area (Å²) in [4.78, 5) is 11.7. The molecule has 0 unspecified atom stereocenters. The minimum absolute atomic E-state index is 0.300. The number of piperidine rings is 1. The molecule has 1 aliphatic rings. The van der Waals surface area contributed by atoms with Crippen LogP contribution < -0.4 is 5.32 Å². The predicted molar refractivity (Wildman–Crippen MR) is 52.9 cm³/mol. The van der Waals surface area contributed by atoms with Gasteiger partial charge >= 0.3 is 5.97 Å². The van der Waals surface area contributed by atoms with Crippen LogP contribution in [0, 0.1) is 5.41 Å². The zero-order chi connectivity index (χ0) is 10.8. The quantitative estimate of drug-likeness (QED) is 0.631. The van der Waals surface area contributed by atoms with E-state index in [1.165, 1.54) is 7.11 Å². The number of esters is 1. The fraction of sp³-hybridized carbons (Fsp3) is 0.900. The summed E-state index contributed by atoms with van der Waals surface area (Å²) in [5, 5.41) is 13.2. The first kappa shape index (κ1) is 11.5. The lowest BCUT2D eigenvalue weighted by molar-refractivity contribution is -0.172. The molecule has 1 saturated heterocycles. The van der Waals surface area contributed by atoms with Crippen molar-refractivity contribution in [3.63, 3.8) is 0 Å². The standard InChI is InChI=1S/C10H19NO3/c1-9(2,13)10(8(12)14-3)4-6-11-7-5-10/h11,13H,4-7H2,1-3H3. The molecule has 14 heavy (non-hydrogen) atoms. The highest BCUT2D eigenvalue weighted by atomic mass is 16.5. The minimum Gasteiger partial charge on any atom is -0.469 e. The number of rotatable bonds is 2. The van der Waals surface area contributed by atoms with Gasteiger partial charge in [0.1, 0.15) is 0 Å². The SMILES string of the molecule is COC(=O)C1(C(C)(C)O)CCNCC1. The average molecular weight is 201 g/mol. The minimum atomic E-state index is -1.03. The number of carbonyl (C=O) groups is 1. The van der Waals surface area contributed by atoms with Crippen LogP contribution in [0.15, 0.2) is 0 Å². The molecule has 82 valence electrons. The maximum atomic E-state index is 11.7. The van der Waals surface area contributed by atoms with Gasteiger partial charge in [-0.2, -0.15) is 0 Å². The number of methoxy groups -OCH3 is 1. The van der Waals surface area contributed by atoms with E-state index in [2.05, 4.69) is 5.32 Å². The summed E-state index contributed by atoms with van der Waals surface area (Å²) >= 11 is 0. The van der Waals surface area contributed by atoms with Crippen molar-refractivity contribution in [1.29, 1.82) is 0 Å². The molecule has 0 aromatic carbocycles. The van der Waals surface area contributed by atoms with Crippen LogP contribution in [0.3, 0.4) is 0 Å². The molecule has 0 bridgehead atoms. The van der Waals surface area contributed by atoms with E-state index < -0.39 is 11.0 Å². The fourth-order valence-electron chi connectivity index (χ4n) is 2.11. The maximum absolute atomic E-state index is 11.7. The molecule has 0 atom stereocenters. The van der Waals surface area contributed by atoms with Crippen molar-refractivity contribution in [2.24, 2.45) is 5.41 Å². The summed E-state index contributed by atoms with van der Waals surface area (Å²) in [6, 6.07) is 0. The maximum Gasteiger partial charge on any atom is 0.314 e. The van der Waals surface area contributed by atoms with Crippen molar-refractivity contribution in [2.75, 3.05) is 20.2 Å². The molecular weight excluding hydrogens is 182 g/mol. The third kappa shape index (κ3) is 1.77. The van der Waals surface area contributed by atoms with Crippen LogP contribution in [0.25, 0.3) is 0 Å². The Hall–Kier alpha value is -0.610. The Morgan fingerprint density at radius 2 is 1.93 bits per heavy atom. The highest BCUT2D eigenvalue weighted by molar-refractivity contribution is 5.78. The molecule has 0 aliphatic carbocycles.